The Morgan fingerprint density at radius 1 is 1.35 bits per heavy atom. The zero-order valence-electron chi connectivity index (χ0n) is 13.7. The van der Waals surface area contributed by atoms with Crippen LogP contribution in [0.2, 0.25) is 0 Å². The molecule has 1 aliphatic heterocycles. The first-order chi connectivity index (χ1) is 10.7. The summed E-state index contributed by atoms with van der Waals surface area (Å²) in [5.74, 6) is 0.536. The molecule has 1 atom stereocenters. The maximum absolute atomic E-state index is 12.4. The number of amides is 1. The standard InChI is InChI=1S/C18H25N3O.ClH/c1-14-5-4-8-16(15-6-2-3-7-15)18(14)20-17(22)13-21-11-9-19-10-12-21;/h2,4-6,8,15,19H,3,7,9-13H2,1H3,(H,20,22);1H. The van der Waals surface area contributed by atoms with Gasteiger partial charge in [-0.1, -0.05) is 30.4 Å². The fourth-order valence-corrected chi connectivity index (χ4v) is 3.31. The van der Waals surface area contributed by atoms with Crippen molar-refractivity contribution < 1.29 is 4.79 Å². The van der Waals surface area contributed by atoms with Crippen molar-refractivity contribution in [1.29, 1.82) is 0 Å². The molecule has 1 amide bonds. The minimum Gasteiger partial charge on any atom is -0.324 e. The number of nitrogens with zero attached hydrogens (tertiary/aromatic N) is 1. The predicted octanol–water partition coefficient (Wildman–Crippen LogP) is 2.69. The summed E-state index contributed by atoms with van der Waals surface area (Å²) in [6, 6.07) is 6.30. The molecule has 3 rings (SSSR count). The van der Waals surface area contributed by atoms with E-state index in [1.807, 2.05) is 0 Å². The number of para-hydroxylation sites is 1. The predicted molar refractivity (Wildman–Crippen MR) is 97.5 cm³/mol. The maximum Gasteiger partial charge on any atom is 0.238 e. The monoisotopic (exact) mass is 335 g/mol. The van der Waals surface area contributed by atoms with E-state index >= 15 is 0 Å². The Balaban J connectivity index is 0.00000192. The fraction of sp³-hybridized carbons (Fsp3) is 0.500. The fourth-order valence-electron chi connectivity index (χ4n) is 3.31. The number of nitrogens with one attached hydrogen (secondary N) is 2. The Labute approximate surface area is 144 Å². The van der Waals surface area contributed by atoms with Crippen molar-refractivity contribution in [2.24, 2.45) is 0 Å². The number of piperazine rings is 1. The van der Waals surface area contributed by atoms with Crippen molar-refractivity contribution in [3.63, 3.8) is 0 Å². The first kappa shape index (κ1) is 18.0. The Kier molecular flexibility index (Phi) is 6.63. The Bertz CT molecular complexity index is 567. The topological polar surface area (TPSA) is 44.4 Å². The molecule has 2 aliphatic rings. The molecule has 1 fully saturated rings. The Morgan fingerprint density at radius 2 is 2.13 bits per heavy atom. The Hall–Kier alpha value is -1.36. The average Bonchev–Trinajstić information content (AvgIpc) is 3.04. The number of allylic oxidation sites excluding steroid dienone is 2. The second-order valence-electron chi connectivity index (χ2n) is 6.23. The number of rotatable bonds is 4. The second kappa shape index (κ2) is 8.48. The summed E-state index contributed by atoms with van der Waals surface area (Å²) in [6.45, 7) is 6.38. The summed E-state index contributed by atoms with van der Waals surface area (Å²) in [5, 5.41) is 6.48. The molecule has 1 unspecified atom stereocenters. The van der Waals surface area contributed by atoms with Crippen molar-refractivity contribution in [2.45, 2.75) is 25.7 Å². The lowest BCUT2D eigenvalue weighted by Gasteiger charge is -2.27. The molecule has 0 saturated carbocycles. The van der Waals surface area contributed by atoms with E-state index in [2.05, 4.69) is 52.8 Å². The zero-order chi connectivity index (χ0) is 15.4. The third kappa shape index (κ3) is 4.56. The molecule has 23 heavy (non-hydrogen) atoms. The third-order valence-electron chi connectivity index (χ3n) is 4.56. The van der Waals surface area contributed by atoms with E-state index in [-0.39, 0.29) is 18.3 Å². The van der Waals surface area contributed by atoms with Gasteiger partial charge in [0.1, 0.15) is 0 Å². The lowest BCUT2D eigenvalue weighted by molar-refractivity contribution is -0.117. The number of hydrogen-bond donors (Lipinski definition) is 2. The van der Waals surface area contributed by atoms with Crippen LogP contribution in [0.4, 0.5) is 5.69 Å². The van der Waals surface area contributed by atoms with Crippen LogP contribution < -0.4 is 10.6 Å². The molecule has 2 N–H and O–H groups in total. The van der Waals surface area contributed by atoms with Crippen LogP contribution in [0.15, 0.2) is 30.4 Å². The highest BCUT2D eigenvalue weighted by molar-refractivity contribution is 5.94. The van der Waals surface area contributed by atoms with E-state index in [0.717, 1.165) is 50.3 Å². The molecule has 1 aromatic carbocycles. The summed E-state index contributed by atoms with van der Waals surface area (Å²) in [4.78, 5) is 14.6. The van der Waals surface area contributed by atoms with Crippen LogP contribution in [0, 0.1) is 6.92 Å². The molecule has 0 bridgehead atoms. The highest BCUT2D eigenvalue weighted by Crippen LogP contribution is 2.34. The van der Waals surface area contributed by atoms with Crippen molar-refractivity contribution >= 4 is 24.0 Å². The summed E-state index contributed by atoms with van der Waals surface area (Å²) < 4.78 is 0. The zero-order valence-corrected chi connectivity index (χ0v) is 14.5. The summed E-state index contributed by atoms with van der Waals surface area (Å²) in [6.07, 6.45) is 6.77. The van der Waals surface area contributed by atoms with Gasteiger partial charge in [0, 0.05) is 37.8 Å². The van der Waals surface area contributed by atoms with Gasteiger partial charge in [-0.15, -0.1) is 12.4 Å². The van der Waals surface area contributed by atoms with E-state index < -0.39 is 0 Å². The van der Waals surface area contributed by atoms with Crippen LogP contribution in [-0.4, -0.2) is 43.5 Å². The quantitative estimate of drug-likeness (QED) is 0.831. The number of carbonyl (C=O) groups is 1. The number of anilines is 1. The lowest BCUT2D eigenvalue weighted by Crippen LogP contribution is -2.46. The molecule has 0 aromatic heterocycles. The van der Waals surface area contributed by atoms with Gasteiger partial charge in [0.05, 0.1) is 6.54 Å². The molecule has 4 nitrogen and oxygen atoms in total. The first-order valence-corrected chi connectivity index (χ1v) is 8.23. The largest absolute Gasteiger partial charge is 0.324 e. The van der Waals surface area contributed by atoms with Crippen molar-refractivity contribution in [2.75, 3.05) is 38.0 Å². The molecule has 0 spiro atoms. The van der Waals surface area contributed by atoms with Crippen LogP contribution >= 0.6 is 12.4 Å². The second-order valence-corrected chi connectivity index (χ2v) is 6.23. The molecule has 0 radical (unpaired) electrons. The smallest absolute Gasteiger partial charge is 0.238 e. The number of benzene rings is 1. The average molecular weight is 336 g/mol. The normalized spacial score (nSPS) is 21.0. The van der Waals surface area contributed by atoms with Gasteiger partial charge in [-0.2, -0.15) is 0 Å². The Morgan fingerprint density at radius 3 is 2.83 bits per heavy atom. The number of halogens is 1. The minimum absolute atomic E-state index is 0. The highest BCUT2D eigenvalue weighted by Gasteiger charge is 2.19. The van der Waals surface area contributed by atoms with Crippen molar-refractivity contribution in [3.05, 3.63) is 41.5 Å². The van der Waals surface area contributed by atoms with Crippen LogP contribution in [-0.2, 0) is 4.79 Å². The van der Waals surface area contributed by atoms with Gasteiger partial charge in [0.15, 0.2) is 0 Å². The molecular weight excluding hydrogens is 310 g/mol. The summed E-state index contributed by atoms with van der Waals surface area (Å²) >= 11 is 0. The van der Waals surface area contributed by atoms with Crippen LogP contribution in [0.3, 0.4) is 0 Å². The molecule has 126 valence electrons. The number of carbonyl (C=O) groups excluding carboxylic acids is 1. The summed E-state index contributed by atoms with van der Waals surface area (Å²) in [5.41, 5.74) is 3.41. The van der Waals surface area contributed by atoms with Crippen LogP contribution in [0.5, 0.6) is 0 Å². The lowest BCUT2D eigenvalue weighted by atomic mass is 9.94. The number of hydrogen-bond acceptors (Lipinski definition) is 3. The van der Waals surface area contributed by atoms with E-state index in [1.54, 1.807) is 0 Å². The van der Waals surface area contributed by atoms with Crippen molar-refractivity contribution in [3.8, 4) is 0 Å². The van der Waals surface area contributed by atoms with E-state index in [4.69, 9.17) is 0 Å². The van der Waals surface area contributed by atoms with Gasteiger partial charge in [0.2, 0.25) is 5.91 Å². The molecule has 1 aliphatic carbocycles. The minimum atomic E-state index is 0. The van der Waals surface area contributed by atoms with Crippen LogP contribution in [0.1, 0.15) is 29.9 Å². The molecule has 1 heterocycles. The maximum atomic E-state index is 12.4. The first-order valence-electron chi connectivity index (χ1n) is 8.23. The van der Waals surface area contributed by atoms with Gasteiger partial charge in [-0.3, -0.25) is 9.69 Å². The van der Waals surface area contributed by atoms with Gasteiger partial charge in [0.25, 0.3) is 0 Å². The van der Waals surface area contributed by atoms with Gasteiger partial charge in [-0.25, -0.2) is 0 Å². The van der Waals surface area contributed by atoms with Crippen LogP contribution in [0.25, 0.3) is 0 Å². The molecule has 5 heteroatoms. The van der Waals surface area contributed by atoms with Crippen molar-refractivity contribution in [1.82, 2.24) is 10.2 Å². The summed E-state index contributed by atoms with van der Waals surface area (Å²) in [7, 11) is 0. The number of aryl methyl sites for hydroxylation is 1. The molecule has 1 aromatic rings. The molecular formula is C18H26ClN3O. The highest BCUT2D eigenvalue weighted by atomic mass is 35.5. The van der Waals surface area contributed by atoms with E-state index in [1.165, 1.54) is 5.56 Å². The van der Waals surface area contributed by atoms with Gasteiger partial charge in [-0.05, 0) is 30.9 Å². The van der Waals surface area contributed by atoms with Gasteiger partial charge < -0.3 is 10.6 Å². The SMILES string of the molecule is Cc1cccc(C2C=CCC2)c1NC(=O)CN1CCNCC1.Cl. The van der Waals surface area contributed by atoms with E-state index in [0.29, 0.717) is 12.5 Å². The molecule has 1 saturated heterocycles. The van der Waals surface area contributed by atoms with Gasteiger partial charge >= 0.3 is 0 Å². The third-order valence-corrected chi connectivity index (χ3v) is 4.56. The van der Waals surface area contributed by atoms with E-state index in [9.17, 15) is 4.79 Å².